The first-order valence-electron chi connectivity index (χ1n) is 12.9. The Balaban J connectivity index is 1.87. The van der Waals surface area contributed by atoms with Crippen molar-refractivity contribution in [3.05, 3.63) is 89.5 Å². The molecule has 0 aromatic heterocycles. The number of nitrogens with zero attached hydrogens (tertiary/aromatic N) is 1. The van der Waals surface area contributed by atoms with Gasteiger partial charge >= 0.3 is 6.18 Å². The van der Waals surface area contributed by atoms with E-state index in [0.29, 0.717) is 11.1 Å². The van der Waals surface area contributed by atoms with Crippen molar-refractivity contribution in [1.29, 1.82) is 5.26 Å². The van der Waals surface area contributed by atoms with Gasteiger partial charge in [0.2, 0.25) is 5.91 Å². The van der Waals surface area contributed by atoms with Crippen LogP contribution in [0.4, 0.5) is 26.3 Å². The van der Waals surface area contributed by atoms with E-state index in [2.05, 4.69) is 10.6 Å². The number of rotatable bonds is 11. The molecule has 0 spiro atoms. The number of carbonyl (C=O) groups excluding carboxylic acids is 1. The number of nitrogens with one attached hydrogen (secondary N) is 2. The van der Waals surface area contributed by atoms with E-state index < -0.39 is 75.8 Å². The smallest absolute Gasteiger partial charge is 0.339 e. The zero-order valence-electron chi connectivity index (χ0n) is 23.3. The molecule has 3 aromatic carbocycles. The van der Waals surface area contributed by atoms with Crippen molar-refractivity contribution in [1.82, 2.24) is 10.6 Å². The summed E-state index contributed by atoms with van der Waals surface area (Å²) < 4.78 is 109. The first kappa shape index (κ1) is 33.6. The van der Waals surface area contributed by atoms with Crippen LogP contribution in [0.1, 0.15) is 37.4 Å². The summed E-state index contributed by atoms with van der Waals surface area (Å²) in [5, 5.41) is 13.8. The fourth-order valence-corrected chi connectivity index (χ4v) is 5.02. The van der Waals surface area contributed by atoms with Crippen LogP contribution in [-0.2, 0) is 21.1 Å². The maximum Gasteiger partial charge on any atom is 0.407 e. The van der Waals surface area contributed by atoms with Crippen LogP contribution in [0.15, 0.2) is 71.6 Å². The molecule has 43 heavy (non-hydrogen) atoms. The van der Waals surface area contributed by atoms with Crippen LogP contribution in [-0.4, -0.2) is 44.5 Å². The summed E-state index contributed by atoms with van der Waals surface area (Å²) in [7, 11) is -3.44. The molecule has 1 unspecified atom stereocenters. The maximum absolute atomic E-state index is 14.7. The zero-order chi connectivity index (χ0) is 32.2. The van der Waals surface area contributed by atoms with E-state index in [-0.39, 0.29) is 10.5 Å². The van der Waals surface area contributed by atoms with Gasteiger partial charge in [0.15, 0.2) is 9.84 Å². The van der Waals surface area contributed by atoms with Gasteiger partial charge in [-0.05, 0) is 54.8 Å². The summed E-state index contributed by atoms with van der Waals surface area (Å²) in [6, 6.07) is 9.77. The zero-order valence-corrected chi connectivity index (χ0v) is 24.2. The van der Waals surface area contributed by atoms with E-state index in [1.807, 2.05) is 0 Å². The highest BCUT2D eigenvalue weighted by molar-refractivity contribution is 7.90. The second-order valence-corrected chi connectivity index (χ2v) is 12.6. The maximum atomic E-state index is 14.7. The molecule has 0 aliphatic carbocycles. The number of nitriles is 1. The van der Waals surface area contributed by atoms with E-state index in [0.717, 1.165) is 38.3 Å². The number of hydrogen-bond acceptors (Lipinski definition) is 5. The Morgan fingerprint density at radius 1 is 0.907 bits per heavy atom. The van der Waals surface area contributed by atoms with Crippen molar-refractivity contribution in [3.63, 3.8) is 0 Å². The van der Waals surface area contributed by atoms with Gasteiger partial charge in [0.05, 0.1) is 17.0 Å². The van der Waals surface area contributed by atoms with Gasteiger partial charge in [0.1, 0.15) is 29.4 Å². The molecule has 230 valence electrons. The van der Waals surface area contributed by atoms with Crippen molar-refractivity contribution in [3.8, 4) is 17.2 Å². The molecule has 0 radical (unpaired) electrons. The SMILES string of the molecule is CC(C)(F)CC(N[C@@H](c1ccc(-c2ccc(S(C)(=O)=O)cc2)cc1)C(F)(F)F)C(=O)N[C@H](C#N)Cc1c(F)cccc1F. The summed E-state index contributed by atoms with van der Waals surface area (Å²) >= 11 is 0. The average Bonchev–Trinajstić information content (AvgIpc) is 2.90. The highest BCUT2D eigenvalue weighted by Gasteiger charge is 2.44. The summed E-state index contributed by atoms with van der Waals surface area (Å²) in [5.41, 5.74) is -1.89. The fraction of sp³-hybridized carbons (Fsp3) is 0.333. The molecule has 0 heterocycles. The standard InChI is InChI=1S/C30H29F6N3O3S/c1-29(2,33)16-26(28(40)38-21(17-37)15-23-24(31)5-4-6-25(23)32)39-27(30(34,35)36)20-9-7-18(8-10-20)19-11-13-22(14-12-19)43(3,41)42/h4-14,21,26-27,39H,15-16H2,1-3H3,(H,38,40)/t21-,26?,27-/m0/s1. The summed E-state index contributed by atoms with van der Waals surface area (Å²) in [6.45, 7) is 2.13. The van der Waals surface area contributed by atoms with Crippen LogP contribution in [0.3, 0.4) is 0 Å². The number of hydrogen-bond donors (Lipinski definition) is 2. The molecule has 13 heteroatoms. The Kier molecular flexibility index (Phi) is 10.3. The summed E-state index contributed by atoms with van der Waals surface area (Å²) in [5.74, 6) is -3.10. The minimum absolute atomic E-state index is 0.0759. The van der Waals surface area contributed by atoms with Crippen LogP contribution in [0.5, 0.6) is 0 Å². The lowest BCUT2D eigenvalue weighted by Crippen LogP contribution is -2.53. The Labute approximate surface area is 245 Å². The third-order valence-corrected chi connectivity index (χ3v) is 7.63. The van der Waals surface area contributed by atoms with Gasteiger partial charge in [-0.3, -0.25) is 10.1 Å². The molecule has 3 rings (SSSR count). The predicted molar refractivity (Wildman–Crippen MR) is 148 cm³/mol. The Morgan fingerprint density at radius 2 is 1.42 bits per heavy atom. The number of alkyl halides is 4. The lowest BCUT2D eigenvalue weighted by atomic mass is 9.96. The van der Waals surface area contributed by atoms with Crippen molar-refractivity contribution in [2.75, 3.05) is 6.26 Å². The quantitative estimate of drug-likeness (QED) is 0.255. The molecule has 0 saturated carbocycles. The van der Waals surface area contributed by atoms with Crippen molar-refractivity contribution in [2.45, 2.75) is 61.6 Å². The molecule has 2 N–H and O–H groups in total. The second kappa shape index (κ2) is 13.2. The van der Waals surface area contributed by atoms with Gasteiger partial charge in [-0.15, -0.1) is 0 Å². The second-order valence-electron chi connectivity index (χ2n) is 10.6. The average molecular weight is 626 g/mol. The molecular weight excluding hydrogens is 596 g/mol. The van der Waals surface area contributed by atoms with Crippen molar-refractivity contribution >= 4 is 15.7 Å². The van der Waals surface area contributed by atoms with E-state index in [1.54, 1.807) is 6.07 Å². The molecule has 1 amide bonds. The Morgan fingerprint density at radius 3 is 1.86 bits per heavy atom. The Bertz CT molecular complexity index is 1560. The third-order valence-electron chi connectivity index (χ3n) is 6.50. The lowest BCUT2D eigenvalue weighted by molar-refractivity contribution is -0.161. The minimum atomic E-state index is -4.94. The van der Waals surface area contributed by atoms with Gasteiger partial charge in [0.25, 0.3) is 0 Å². The molecule has 3 aromatic rings. The first-order valence-corrected chi connectivity index (χ1v) is 14.8. The molecule has 0 saturated heterocycles. The predicted octanol–water partition coefficient (Wildman–Crippen LogP) is 5.99. The minimum Gasteiger partial charge on any atom is -0.339 e. The monoisotopic (exact) mass is 625 g/mol. The highest BCUT2D eigenvalue weighted by atomic mass is 32.2. The van der Waals surface area contributed by atoms with Gasteiger partial charge in [-0.2, -0.15) is 18.4 Å². The number of sulfone groups is 1. The largest absolute Gasteiger partial charge is 0.407 e. The van der Waals surface area contributed by atoms with E-state index in [1.165, 1.54) is 48.5 Å². The number of benzene rings is 3. The topological polar surface area (TPSA) is 99.1 Å². The van der Waals surface area contributed by atoms with Crippen molar-refractivity contribution in [2.24, 2.45) is 0 Å². The molecule has 0 bridgehead atoms. The van der Waals surface area contributed by atoms with E-state index in [9.17, 15) is 44.8 Å². The highest BCUT2D eigenvalue weighted by Crippen LogP contribution is 2.35. The molecule has 6 nitrogen and oxygen atoms in total. The molecule has 3 atom stereocenters. The van der Waals surface area contributed by atoms with Gasteiger partial charge in [-0.1, -0.05) is 42.5 Å². The number of amides is 1. The van der Waals surface area contributed by atoms with Crippen LogP contribution in [0.25, 0.3) is 11.1 Å². The van der Waals surface area contributed by atoms with Crippen LogP contribution < -0.4 is 10.6 Å². The first-order chi connectivity index (χ1) is 19.9. The Hall–Kier alpha value is -3.89. The van der Waals surface area contributed by atoms with E-state index in [4.69, 9.17) is 0 Å². The van der Waals surface area contributed by atoms with Gasteiger partial charge in [0, 0.05) is 24.7 Å². The summed E-state index contributed by atoms with van der Waals surface area (Å²) in [4.78, 5) is 13.2. The molecule has 0 fully saturated rings. The number of halogens is 6. The lowest BCUT2D eigenvalue weighted by Gasteiger charge is -2.30. The van der Waals surface area contributed by atoms with E-state index >= 15 is 0 Å². The third kappa shape index (κ3) is 9.30. The van der Waals surface area contributed by atoms with Crippen LogP contribution in [0, 0.1) is 23.0 Å². The molecular formula is C30H29F6N3O3S. The molecule has 0 aliphatic rings. The normalized spacial score (nSPS) is 14.4. The van der Waals surface area contributed by atoms with Gasteiger partial charge < -0.3 is 5.32 Å². The summed E-state index contributed by atoms with van der Waals surface area (Å²) in [6.07, 6.45) is -5.23. The fourth-order valence-electron chi connectivity index (χ4n) is 4.39. The number of carbonyl (C=O) groups is 1. The van der Waals surface area contributed by atoms with Crippen molar-refractivity contribution < 1.29 is 39.6 Å². The van der Waals surface area contributed by atoms with Gasteiger partial charge in [-0.25, -0.2) is 21.6 Å². The van der Waals surface area contributed by atoms with Crippen LogP contribution in [0.2, 0.25) is 0 Å². The molecule has 0 aliphatic heterocycles. The van der Waals surface area contributed by atoms with Crippen LogP contribution >= 0.6 is 0 Å².